The summed E-state index contributed by atoms with van der Waals surface area (Å²) in [7, 11) is 0. The van der Waals surface area contributed by atoms with E-state index in [0.29, 0.717) is 10.0 Å². The van der Waals surface area contributed by atoms with Crippen molar-refractivity contribution in [3.8, 4) is 0 Å². The second kappa shape index (κ2) is 7.99. The van der Waals surface area contributed by atoms with E-state index in [2.05, 4.69) is 24.0 Å². The summed E-state index contributed by atoms with van der Waals surface area (Å²) in [6.07, 6.45) is 0. The lowest BCUT2D eigenvalue weighted by Crippen LogP contribution is -2.40. The van der Waals surface area contributed by atoms with Gasteiger partial charge in [0.15, 0.2) is 5.17 Å². The Labute approximate surface area is 189 Å². The molecule has 3 aromatic carbocycles. The highest BCUT2D eigenvalue weighted by molar-refractivity contribution is 8.14. The summed E-state index contributed by atoms with van der Waals surface area (Å²) < 4.78 is 0. The lowest BCUT2D eigenvalue weighted by atomic mass is 9.95. The zero-order valence-corrected chi connectivity index (χ0v) is 18.5. The van der Waals surface area contributed by atoms with Gasteiger partial charge in [0, 0.05) is 15.6 Å². The molecule has 0 bridgehead atoms. The van der Waals surface area contributed by atoms with Crippen molar-refractivity contribution in [3.63, 3.8) is 0 Å². The normalized spacial score (nSPS) is 17.4. The molecule has 150 valence electrons. The molecule has 0 aromatic heterocycles. The molecule has 2 aliphatic rings. The summed E-state index contributed by atoms with van der Waals surface area (Å²) in [5.74, 6) is 1.68. The number of thioether (sulfide) groups is 1. The van der Waals surface area contributed by atoms with Crippen molar-refractivity contribution in [3.05, 3.63) is 94.0 Å². The third-order valence-electron chi connectivity index (χ3n) is 5.01. The number of fused-ring (bicyclic) bond motifs is 2. The monoisotopic (exact) mass is 452 g/mol. The van der Waals surface area contributed by atoms with Crippen LogP contribution < -0.4 is 4.90 Å². The minimum Gasteiger partial charge on any atom is -0.256 e. The molecule has 7 heteroatoms. The van der Waals surface area contributed by atoms with Gasteiger partial charge in [0.25, 0.3) is 0 Å². The molecule has 0 amide bonds. The maximum absolute atomic E-state index is 6.36. The summed E-state index contributed by atoms with van der Waals surface area (Å²) in [5, 5.41) is 9.27. The SMILES string of the molecule is CCSC1=NN2C(=Nc3ccc(Cl)cc3C2c2ccccc2)N1c1ccc(Cl)cc1. The first-order valence-electron chi connectivity index (χ1n) is 9.65. The van der Waals surface area contributed by atoms with Crippen molar-refractivity contribution in [2.24, 2.45) is 10.1 Å². The maximum atomic E-state index is 6.36. The van der Waals surface area contributed by atoms with Gasteiger partial charge in [-0.15, -0.1) is 5.10 Å². The number of nitrogens with zero attached hydrogens (tertiary/aromatic N) is 4. The van der Waals surface area contributed by atoms with E-state index in [4.69, 9.17) is 33.3 Å². The van der Waals surface area contributed by atoms with Crippen LogP contribution in [0.3, 0.4) is 0 Å². The van der Waals surface area contributed by atoms with E-state index in [-0.39, 0.29) is 6.04 Å². The maximum Gasteiger partial charge on any atom is 0.234 e. The highest BCUT2D eigenvalue weighted by Gasteiger charge is 2.41. The van der Waals surface area contributed by atoms with E-state index in [1.165, 1.54) is 0 Å². The summed E-state index contributed by atoms with van der Waals surface area (Å²) in [6, 6.07) is 23.8. The van der Waals surface area contributed by atoms with Gasteiger partial charge in [0.05, 0.1) is 11.4 Å². The van der Waals surface area contributed by atoms with Gasteiger partial charge < -0.3 is 0 Å². The lowest BCUT2D eigenvalue weighted by Gasteiger charge is -2.33. The number of amidine groups is 1. The number of aliphatic imine (C=N–C) groups is 1. The van der Waals surface area contributed by atoms with E-state index >= 15 is 0 Å². The average molecular weight is 453 g/mol. The van der Waals surface area contributed by atoms with Crippen LogP contribution >= 0.6 is 35.0 Å². The molecule has 2 aliphatic heterocycles. The second-order valence-corrected chi connectivity index (χ2v) is 9.00. The minimum absolute atomic E-state index is 0.114. The van der Waals surface area contributed by atoms with Crippen molar-refractivity contribution >= 4 is 57.5 Å². The van der Waals surface area contributed by atoms with Gasteiger partial charge in [-0.2, -0.15) is 0 Å². The Morgan fingerprint density at radius 3 is 2.40 bits per heavy atom. The molecule has 0 fully saturated rings. The third-order valence-corrected chi connectivity index (χ3v) is 6.31. The number of benzene rings is 3. The Morgan fingerprint density at radius 2 is 1.67 bits per heavy atom. The molecule has 30 heavy (non-hydrogen) atoms. The van der Waals surface area contributed by atoms with E-state index < -0.39 is 0 Å². The van der Waals surface area contributed by atoms with Crippen molar-refractivity contribution < 1.29 is 0 Å². The molecule has 4 nitrogen and oxygen atoms in total. The molecule has 1 unspecified atom stereocenters. The number of halogens is 2. The summed E-state index contributed by atoms with van der Waals surface area (Å²) >= 11 is 14.2. The number of hydrazone groups is 1. The topological polar surface area (TPSA) is 31.2 Å². The van der Waals surface area contributed by atoms with E-state index in [1.54, 1.807) is 11.8 Å². The molecule has 0 spiro atoms. The molecule has 0 radical (unpaired) electrons. The fourth-order valence-corrected chi connectivity index (χ4v) is 4.75. The highest BCUT2D eigenvalue weighted by Crippen LogP contribution is 2.44. The largest absolute Gasteiger partial charge is 0.256 e. The van der Waals surface area contributed by atoms with Crippen molar-refractivity contribution in [2.75, 3.05) is 10.7 Å². The van der Waals surface area contributed by atoms with Crippen LogP contribution in [0.15, 0.2) is 82.9 Å². The van der Waals surface area contributed by atoms with E-state index in [1.807, 2.05) is 65.7 Å². The fourth-order valence-electron chi connectivity index (χ4n) is 3.72. The van der Waals surface area contributed by atoms with Crippen molar-refractivity contribution in [1.82, 2.24) is 5.01 Å². The van der Waals surface area contributed by atoms with Crippen LogP contribution in [0.2, 0.25) is 10.0 Å². The minimum atomic E-state index is -0.114. The van der Waals surface area contributed by atoms with Crippen LogP contribution in [0, 0.1) is 0 Å². The Morgan fingerprint density at radius 1 is 0.933 bits per heavy atom. The van der Waals surface area contributed by atoms with E-state index in [0.717, 1.165) is 39.4 Å². The third kappa shape index (κ3) is 3.37. The first-order chi connectivity index (χ1) is 14.7. The van der Waals surface area contributed by atoms with Gasteiger partial charge in [-0.05, 0) is 53.8 Å². The molecule has 0 aliphatic carbocycles. The number of hydrogen-bond acceptors (Lipinski definition) is 5. The number of anilines is 1. The highest BCUT2D eigenvalue weighted by atomic mass is 35.5. The Balaban J connectivity index is 1.70. The Hall–Kier alpha value is -2.47. The number of guanidine groups is 1. The predicted molar refractivity (Wildman–Crippen MR) is 128 cm³/mol. The van der Waals surface area contributed by atoms with Gasteiger partial charge in [0.2, 0.25) is 5.96 Å². The van der Waals surface area contributed by atoms with Crippen LogP contribution in [0.4, 0.5) is 11.4 Å². The van der Waals surface area contributed by atoms with Crippen LogP contribution in [0.1, 0.15) is 24.1 Å². The molecule has 0 N–H and O–H groups in total. The predicted octanol–water partition coefficient (Wildman–Crippen LogP) is 6.93. The van der Waals surface area contributed by atoms with Gasteiger partial charge in [-0.3, -0.25) is 4.90 Å². The molecular weight excluding hydrogens is 435 g/mol. The lowest BCUT2D eigenvalue weighted by molar-refractivity contribution is 0.378. The first kappa shape index (κ1) is 19.5. The van der Waals surface area contributed by atoms with Gasteiger partial charge in [-0.1, -0.05) is 72.2 Å². The smallest absolute Gasteiger partial charge is 0.234 e. The first-order valence-corrected chi connectivity index (χ1v) is 11.4. The molecule has 0 saturated carbocycles. The quantitative estimate of drug-likeness (QED) is 0.431. The van der Waals surface area contributed by atoms with E-state index in [9.17, 15) is 0 Å². The van der Waals surface area contributed by atoms with Gasteiger partial charge in [0.1, 0.15) is 6.04 Å². The van der Waals surface area contributed by atoms with Crippen molar-refractivity contribution in [2.45, 2.75) is 13.0 Å². The van der Waals surface area contributed by atoms with Crippen LogP contribution in [-0.2, 0) is 0 Å². The second-order valence-electron chi connectivity index (χ2n) is 6.90. The number of rotatable bonds is 3. The molecule has 3 aromatic rings. The zero-order valence-electron chi connectivity index (χ0n) is 16.2. The summed E-state index contributed by atoms with van der Waals surface area (Å²) in [6.45, 7) is 2.12. The van der Waals surface area contributed by atoms with Crippen LogP contribution in [-0.4, -0.2) is 21.9 Å². The molecule has 1 atom stereocenters. The average Bonchev–Trinajstić information content (AvgIpc) is 3.11. The number of hydrogen-bond donors (Lipinski definition) is 0. The molecule has 5 rings (SSSR count). The van der Waals surface area contributed by atoms with Crippen LogP contribution in [0.5, 0.6) is 0 Å². The Bertz CT molecular complexity index is 1150. The Kier molecular flexibility index (Phi) is 5.19. The van der Waals surface area contributed by atoms with Crippen LogP contribution in [0.25, 0.3) is 0 Å². The zero-order chi connectivity index (χ0) is 20.7. The summed E-state index contributed by atoms with van der Waals surface area (Å²) in [4.78, 5) is 7.08. The molecular formula is C23H18Cl2N4S. The van der Waals surface area contributed by atoms with Gasteiger partial charge >= 0.3 is 0 Å². The van der Waals surface area contributed by atoms with Crippen molar-refractivity contribution in [1.29, 1.82) is 0 Å². The molecule has 2 heterocycles. The standard InChI is InChI=1S/C23H18Cl2N4S/c1-2-30-23-27-29-21(15-6-4-3-5-7-15)19-14-17(25)10-13-20(19)26-22(29)28(23)18-11-8-16(24)9-12-18/h3-14,21H,2H2,1H3. The fraction of sp³-hybridized carbons (Fsp3) is 0.130. The van der Waals surface area contributed by atoms with Gasteiger partial charge in [-0.25, -0.2) is 10.0 Å². The molecule has 0 saturated heterocycles. The summed E-state index contributed by atoms with van der Waals surface area (Å²) in [5.41, 5.74) is 4.05.